The minimum atomic E-state index is -0.312. The number of benzene rings is 1. The van der Waals surface area contributed by atoms with Crippen LogP contribution in [-0.2, 0) is 4.79 Å². The van der Waals surface area contributed by atoms with Crippen LogP contribution in [0, 0.1) is 5.92 Å². The van der Waals surface area contributed by atoms with Gasteiger partial charge in [0, 0.05) is 32.1 Å². The summed E-state index contributed by atoms with van der Waals surface area (Å²) in [6.07, 6.45) is 0. The Labute approximate surface area is 125 Å². The first kappa shape index (κ1) is 17.0. The van der Waals surface area contributed by atoms with E-state index in [9.17, 15) is 9.59 Å². The first-order valence-corrected chi connectivity index (χ1v) is 6.90. The lowest BCUT2D eigenvalue weighted by Crippen LogP contribution is -2.27. The molecule has 1 rings (SSSR count). The van der Waals surface area contributed by atoms with Crippen LogP contribution >= 0.6 is 0 Å². The van der Waals surface area contributed by atoms with Crippen molar-refractivity contribution in [3.8, 4) is 5.75 Å². The van der Waals surface area contributed by atoms with Crippen LogP contribution in [0.5, 0.6) is 5.75 Å². The molecule has 0 saturated heterocycles. The molecule has 1 unspecified atom stereocenters. The zero-order valence-corrected chi connectivity index (χ0v) is 13.0. The maximum absolute atomic E-state index is 12.0. The minimum Gasteiger partial charge on any atom is -0.492 e. The predicted molar refractivity (Wildman–Crippen MR) is 82.5 cm³/mol. The molecular formula is C15H23N3O3. The lowest BCUT2D eigenvalue weighted by molar-refractivity contribution is -0.119. The number of carbonyl (C=O) groups excluding carboxylic acids is 2. The number of hydrogen-bond acceptors (Lipinski definition) is 4. The molecule has 21 heavy (non-hydrogen) atoms. The lowest BCUT2D eigenvalue weighted by Gasteiger charge is -2.16. The van der Waals surface area contributed by atoms with Crippen LogP contribution in [-0.4, -0.2) is 44.0 Å². The fourth-order valence-corrected chi connectivity index (χ4v) is 1.66. The molecule has 0 aliphatic rings. The summed E-state index contributed by atoms with van der Waals surface area (Å²) < 4.78 is 5.48. The Kier molecular flexibility index (Phi) is 6.17. The summed E-state index contributed by atoms with van der Waals surface area (Å²) in [7, 11) is 3.35. The molecule has 6 nitrogen and oxygen atoms in total. The molecule has 0 saturated carbocycles. The van der Waals surface area contributed by atoms with E-state index < -0.39 is 0 Å². The molecule has 0 aliphatic heterocycles. The van der Waals surface area contributed by atoms with E-state index in [1.165, 1.54) is 4.90 Å². The van der Waals surface area contributed by atoms with Crippen molar-refractivity contribution < 1.29 is 14.3 Å². The van der Waals surface area contributed by atoms with E-state index >= 15 is 0 Å². The smallest absolute Gasteiger partial charge is 0.253 e. The Hall–Kier alpha value is -2.08. The molecule has 1 aromatic carbocycles. The standard InChI is InChI=1S/C15H23N3O3/c1-5-21-13-7-6-11(15(20)18(3)4)8-12(13)17-14(19)10(2)9-16/h6-8,10H,5,9,16H2,1-4H3,(H,17,19). The third-order valence-corrected chi connectivity index (χ3v) is 2.99. The highest BCUT2D eigenvalue weighted by Crippen LogP contribution is 2.27. The molecule has 0 bridgehead atoms. The van der Waals surface area contributed by atoms with Gasteiger partial charge in [-0.25, -0.2) is 0 Å². The molecule has 0 spiro atoms. The molecule has 6 heteroatoms. The van der Waals surface area contributed by atoms with Crippen molar-refractivity contribution in [3.63, 3.8) is 0 Å². The van der Waals surface area contributed by atoms with Gasteiger partial charge in [-0.3, -0.25) is 9.59 Å². The van der Waals surface area contributed by atoms with Gasteiger partial charge in [-0.2, -0.15) is 0 Å². The van der Waals surface area contributed by atoms with Gasteiger partial charge in [0.1, 0.15) is 5.75 Å². The normalized spacial score (nSPS) is 11.7. The highest BCUT2D eigenvalue weighted by molar-refractivity contribution is 5.98. The molecule has 1 aromatic rings. The second-order valence-electron chi connectivity index (χ2n) is 4.97. The Morgan fingerprint density at radius 1 is 1.38 bits per heavy atom. The first-order chi connectivity index (χ1) is 9.90. The zero-order valence-electron chi connectivity index (χ0n) is 13.0. The van der Waals surface area contributed by atoms with Gasteiger partial charge >= 0.3 is 0 Å². The van der Waals surface area contributed by atoms with Crippen molar-refractivity contribution in [1.29, 1.82) is 0 Å². The first-order valence-electron chi connectivity index (χ1n) is 6.90. The van der Waals surface area contributed by atoms with Gasteiger partial charge in [0.15, 0.2) is 0 Å². The topological polar surface area (TPSA) is 84.7 Å². The maximum atomic E-state index is 12.0. The Morgan fingerprint density at radius 3 is 2.57 bits per heavy atom. The second-order valence-corrected chi connectivity index (χ2v) is 4.97. The van der Waals surface area contributed by atoms with Gasteiger partial charge in [-0.15, -0.1) is 0 Å². The van der Waals surface area contributed by atoms with Crippen molar-refractivity contribution in [3.05, 3.63) is 23.8 Å². The van der Waals surface area contributed by atoms with Gasteiger partial charge in [-0.05, 0) is 25.1 Å². The fourth-order valence-electron chi connectivity index (χ4n) is 1.66. The van der Waals surface area contributed by atoms with Gasteiger partial charge in [-0.1, -0.05) is 6.92 Å². The number of nitrogens with zero attached hydrogens (tertiary/aromatic N) is 1. The summed E-state index contributed by atoms with van der Waals surface area (Å²) >= 11 is 0. The van der Waals surface area contributed by atoms with E-state index in [-0.39, 0.29) is 24.3 Å². The van der Waals surface area contributed by atoms with E-state index in [0.717, 1.165) is 0 Å². The summed E-state index contributed by atoms with van der Waals surface area (Å²) in [6.45, 7) is 4.32. The van der Waals surface area contributed by atoms with Crippen LogP contribution in [0.2, 0.25) is 0 Å². The summed E-state index contributed by atoms with van der Waals surface area (Å²) in [6, 6.07) is 4.98. The molecule has 0 radical (unpaired) electrons. The largest absolute Gasteiger partial charge is 0.492 e. The van der Waals surface area contributed by atoms with Crippen molar-refractivity contribution in [2.24, 2.45) is 11.7 Å². The van der Waals surface area contributed by atoms with Crippen LogP contribution in [0.25, 0.3) is 0 Å². The van der Waals surface area contributed by atoms with Crippen molar-refractivity contribution in [2.45, 2.75) is 13.8 Å². The number of amides is 2. The number of anilines is 1. The number of rotatable bonds is 6. The van der Waals surface area contributed by atoms with Crippen LogP contribution in [0.15, 0.2) is 18.2 Å². The second kappa shape index (κ2) is 7.64. The van der Waals surface area contributed by atoms with E-state index in [4.69, 9.17) is 10.5 Å². The molecular weight excluding hydrogens is 270 g/mol. The SMILES string of the molecule is CCOc1ccc(C(=O)N(C)C)cc1NC(=O)C(C)CN. The molecule has 0 fully saturated rings. The summed E-state index contributed by atoms with van der Waals surface area (Å²) in [5.74, 6) is -0.119. The van der Waals surface area contributed by atoms with Crippen LogP contribution < -0.4 is 15.8 Å². The van der Waals surface area contributed by atoms with E-state index in [2.05, 4.69) is 5.32 Å². The molecule has 0 heterocycles. The molecule has 116 valence electrons. The molecule has 3 N–H and O–H groups in total. The fraction of sp³-hybridized carbons (Fsp3) is 0.467. The maximum Gasteiger partial charge on any atom is 0.253 e. The van der Waals surface area contributed by atoms with E-state index in [1.54, 1.807) is 39.2 Å². The summed E-state index contributed by atoms with van der Waals surface area (Å²) in [5, 5.41) is 2.77. The summed E-state index contributed by atoms with van der Waals surface area (Å²) in [5.41, 5.74) is 6.45. The minimum absolute atomic E-state index is 0.138. The van der Waals surface area contributed by atoms with Crippen molar-refractivity contribution in [1.82, 2.24) is 4.90 Å². The van der Waals surface area contributed by atoms with E-state index in [1.807, 2.05) is 6.92 Å². The van der Waals surface area contributed by atoms with Crippen molar-refractivity contribution in [2.75, 3.05) is 32.6 Å². The highest BCUT2D eigenvalue weighted by Gasteiger charge is 2.16. The number of ether oxygens (including phenoxy) is 1. The van der Waals surface area contributed by atoms with E-state index in [0.29, 0.717) is 23.6 Å². The van der Waals surface area contributed by atoms with Gasteiger partial charge in [0.2, 0.25) is 5.91 Å². The monoisotopic (exact) mass is 293 g/mol. The molecule has 0 aromatic heterocycles. The zero-order chi connectivity index (χ0) is 16.0. The predicted octanol–water partition coefficient (Wildman–Crippen LogP) is 1.32. The molecule has 1 atom stereocenters. The Bertz CT molecular complexity index is 515. The molecule has 0 aliphatic carbocycles. The number of hydrogen-bond donors (Lipinski definition) is 2. The van der Waals surface area contributed by atoms with Gasteiger partial charge in [0.05, 0.1) is 12.3 Å². The third-order valence-electron chi connectivity index (χ3n) is 2.99. The number of nitrogens with two attached hydrogens (primary N) is 1. The average molecular weight is 293 g/mol. The molecule has 2 amide bonds. The van der Waals surface area contributed by atoms with Gasteiger partial charge < -0.3 is 20.7 Å². The quantitative estimate of drug-likeness (QED) is 0.828. The van der Waals surface area contributed by atoms with Crippen LogP contribution in [0.1, 0.15) is 24.2 Å². The highest BCUT2D eigenvalue weighted by atomic mass is 16.5. The average Bonchev–Trinajstić information content (AvgIpc) is 2.47. The number of carbonyl (C=O) groups is 2. The van der Waals surface area contributed by atoms with Crippen LogP contribution in [0.3, 0.4) is 0 Å². The lowest BCUT2D eigenvalue weighted by atomic mass is 10.1. The third kappa shape index (κ3) is 4.46. The van der Waals surface area contributed by atoms with Crippen LogP contribution in [0.4, 0.5) is 5.69 Å². The van der Waals surface area contributed by atoms with Crippen molar-refractivity contribution >= 4 is 17.5 Å². The van der Waals surface area contributed by atoms with Gasteiger partial charge in [0.25, 0.3) is 5.91 Å². The Morgan fingerprint density at radius 2 is 2.05 bits per heavy atom. The Balaban J connectivity index is 3.09. The summed E-state index contributed by atoms with van der Waals surface area (Å²) in [4.78, 5) is 25.4. The number of nitrogens with one attached hydrogen (secondary N) is 1.